The molecule has 0 saturated heterocycles. The van der Waals surface area contributed by atoms with Crippen LogP contribution in [-0.2, 0) is 14.4 Å². The van der Waals surface area contributed by atoms with Gasteiger partial charge in [0.25, 0.3) is 0 Å². The molecule has 0 aliphatic rings. The number of rotatable bonds is 7. The number of aliphatic hydroxyl groups is 1. The summed E-state index contributed by atoms with van der Waals surface area (Å²) in [5.74, 6) is 0.516. The first kappa shape index (κ1) is 13.7. The van der Waals surface area contributed by atoms with Crippen LogP contribution in [0.5, 0.6) is 0 Å². The maximum absolute atomic E-state index is 10.8. The molecule has 14 heavy (non-hydrogen) atoms. The summed E-state index contributed by atoms with van der Waals surface area (Å²) in [4.78, 5) is 0. The van der Waals surface area contributed by atoms with Gasteiger partial charge in [-0.1, -0.05) is 0 Å². The van der Waals surface area contributed by atoms with Gasteiger partial charge in [0.2, 0.25) is 0 Å². The van der Waals surface area contributed by atoms with E-state index in [1.54, 1.807) is 0 Å². The predicted octanol–water partition coefficient (Wildman–Crippen LogP) is -0.680. The Morgan fingerprint density at radius 1 is 1.43 bits per heavy atom. The molecule has 5 nitrogen and oxygen atoms in total. The van der Waals surface area contributed by atoms with Crippen LogP contribution >= 0.6 is 0 Å². The molecule has 0 fully saturated rings. The standard InChI is InChI=1S/C7H16BNO4S/c1-6(2)3-4-9-5-7(10)14(12,13)8-11/h6-7,9-10H,3-5H2,1-2H3. The number of hydrogen-bond donors (Lipinski definition) is 2. The van der Waals surface area contributed by atoms with Crippen LogP contribution in [0.1, 0.15) is 20.3 Å². The van der Waals surface area contributed by atoms with Crippen molar-refractivity contribution in [3.63, 3.8) is 0 Å². The van der Waals surface area contributed by atoms with E-state index in [4.69, 9.17) is 5.11 Å². The van der Waals surface area contributed by atoms with Crippen LogP contribution in [0.15, 0.2) is 0 Å². The minimum absolute atomic E-state index is 0.103. The molecule has 1 atom stereocenters. The summed E-state index contributed by atoms with van der Waals surface area (Å²) in [6, 6.07) is 0. The molecule has 0 aromatic carbocycles. The van der Waals surface area contributed by atoms with E-state index in [1.165, 1.54) is 0 Å². The number of nitrogens with one attached hydrogen (secondary N) is 1. The summed E-state index contributed by atoms with van der Waals surface area (Å²) >= 11 is 0. The summed E-state index contributed by atoms with van der Waals surface area (Å²) in [5.41, 5.74) is -1.63. The summed E-state index contributed by atoms with van der Waals surface area (Å²) in [7, 11) is -3.99. The molecule has 0 heterocycles. The molecule has 0 spiro atoms. The summed E-state index contributed by atoms with van der Waals surface area (Å²) in [6.07, 6.45) is 0.676. The maximum atomic E-state index is 10.8. The van der Waals surface area contributed by atoms with Gasteiger partial charge in [0.1, 0.15) is 0 Å². The Kier molecular flexibility index (Phi) is 6.14. The van der Waals surface area contributed by atoms with Crippen LogP contribution in [0, 0.1) is 5.92 Å². The van der Waals surface area contributed by atoms with Gasteiger partial charge in [-0.15, -0.1) is 0 Å². The van der Waals surface area contributed by atoms with Gasteiger partial charge in [-0.25, -0.2) is 0 Å². The topological polar surface area (TPSA) is 83.5 Å². The van der Waals surface area contributed by atoms with Crippen LogP contribution in [-0.4, -0.2) is 38.5 Å². The van der Waals surface area contributed by atoms with Crippen molar-refractivity contribution < 1.29 is 18.2 Å². The summed E-state index contributed by atoms with van der Waals surface area (Å²) in [5, 5.41) is 11.8. The van der Waals surface area contributed by atoms with Gasteiger partial charge in [-0.05, 0) is 0 Å². The fraction of sp³-hybridized carbons (Fsp3) is 1.00. The Bertz CT molecular complexity index is 265. The Morgan fingerprint density at radius 2 is 2.00 bits per heavy atom. The minimum atomic E-state index is -3.99. The van der Waals surface area contributed by atoms with E-state index < -0.39 is 15.1 Å². The van der Waals surface area contributed by atoms with Crippen molar-refractivity contribution in [2.75, 3.05) is 13.1 Å². The second-order valence-electron chi connectivity index (χ2n) is 3.53. The Hall–Kier alpha value is -0.265. The molecule has 7 heteroatoms. The zero-order valence-electron chi connectivity index (χ0n) is 8.43. The SMILES string of the molecule is CC(C)CCNCC(O)S(=O)(=O)B=O. The molecule has 1 unspecified atom stereocenters. The first-order valence-electron chi connectivity index (χ1n) is 4.48. The summed E-state index contributed by atoms with van der Waals surface area (Å²) < 4.78 is 31.6. The van der Waals surface area contributed by atoms with Crippen molar-refractivity contribution in [1.29, 1.82) is 0 Å². The van der Waals surface area contributed by atoms with Crippen LogP contribution in [0.4, 0.5) is 0 Å². The Morgan fingerprint density at radius 3 is 2.43 bits per heavy atom. The van der Waals surface area contributed by atoms with Crippen LogP contribution in [0.25, 0.3) is 0 Å². The van der Waals surface area contributed by atoms with Crippen molar-refractivity contribution in [1.82, 2.24) is 5.32 Å². The molecule has 0 bridgehead atoms. The second-order valence-corrected chi connectivity index (χ2v) is 5.44. The van der Waals surface area contributed by atoms with Gasteiger partial charge >= 0.3 is 84.4 Å². The van der Waals surface area contributed by atoms with E-state index in [2.05, 4.69) is 5.32 Å². The van der Waals surface area contributed by atoms with Crippen molar-refractivity contribution in [3.05, 3.63) is 0 Å². The molecule has 0 rings (SSSR count). The first-order chi connectivity index (χ1) is 6.40. The van der Waals surface area contributed by atoms with Gasteiger partial charge < -0.3 is 0 Å². The van der Waals surface area contributed by atoms with E-state index in [0.717, 1.165) is 6.42 Å². The molecule has 0 aromatic rings. The predicted molar refractivity (Wildman–Crippen MR) is 53.7 cm³/mol. The first-order valence-corrected chi connectivity index (χ1v) is 6.09. The molecule has 0 radical (unpaired) electrons. The zero-order valence-corrected chi connectivity index (χ0v) is 9.25. The number of aliphatic hydroxyl groups excluding tert-OH is 1. The number of hydrogen-bond acceptors (Lipinski definition) is 5. The average Bonchev–Trinajstić information content (AvgIpc) is 2.11. The van der Waals surface area contributed by atoms with Crippen molar-refractivity contribution in [2.45, 2.75) is 25.7 Å². The monoisotopic (exact) mass is 221 g/mol. The van der Waals surface area contributed by atoms with Crippen molar-refractivity contribution >= 4 is 16.1 Å². The van der Waals surface area contributed by atoms with E-state index in [9.17, 15) is 13.1 Å². The van der Waals surface area contributed by atoms with Crippen molar-refractivity contribution in [2.24, 2.45) is 5.92 Å². The molecule has 0 aliphatic carbocycles. The fourth-order valence-electron chi connectivity index (χ4n) is 0.797. The molecule has 0 aromatic heterocycles. The fourth-order valence-corrected chi connectivity index (χ4v) is 1.27. The van der Waals surface area contributed by atoms with E-state index >= 15 is 0 Å². The van der Waals surface area contributed by atoms with Crippen molar-refractivity contribution in [3.8, 4) is 0 Å². The third-order valence-corrected chi connectivity index (χ3v) is 2.92. The molecule has 0 amide bonds. The Balaban J connectivity index is 3.75. The van der Waals surface area contributed by atoms with Gasteiger partial charge in [0.05, 0.1) is 0 Å². The molecule has 0 aliphatic heterocycles. The summed E-state index contributed by atoms with van der Waals surface area (Å²) in [6.45, 7) is 4.61. The molecule has 0 saturated carbocycles. The van der Waals surface area contributed by atoms with Crippen LogP contribution in [0.3, 0.4) is 0 Å². The molecule has 2 N–H and O–H groups in total. The van der Waals surface area contributed by atoms with Gasteiger partial charge in [-0.2, -0.15) is 0 Å². The molecule has 82 valence electrons. The van der Waals surface area contributed by atoms with E-state index in [-0.39, 0.29) is 13.0 Å². The van der Waals surface area contributed by atoms with Gasteiger partial charge in [0, 0.05) is 0 Å². The van der Waals surface area contributed by atoms with Crippen LogP contribution < -0.4 is 5.32 Å². The normalized spacial score (nSPS) is 14.0. The third-order valence-electron chi connectivity index (χ3n) is 1.73. The van der Waals surface area contributed by atoms with Gasteiger partial charge in [-0.3, -0.25) is 0 Å². The Labute approximate surface area is 85.0 Å². The van der Waals surface area contributed by atoms with E-state index in [0.29, 0.717) is 12.5 Å². The second kappa shape index (κ2) is 6.26. The quantitative estimate of drug-likeness (QED) is 0.439. The van der Waals surface area contributed by atoms with Crippen LogP contribution in [0.2, 0.25) is 0 Å². The average molecular weight is 221 g/mol. The third kappa shape index (κ3) is 5.46. The van der Waals surface area contributed by atoms with Gasteiger partial charge in [0.15, 0.2) is 0 Å². The molecular weight excluding hydrogens is 205 g/mol. The molecular formula is C7H16BNO4S. The van der Waals surface area contributed by atoms with E-state index in [1.807, 2.05) is 13.8 Å². The zero-order chi connectivity index (χ0) is 11.2.